The lowest BCUT2D eigenvalue weighted by molar-refractivity contribution is 0.0288. The van der Waals surface area contributed by atoms with E-state index in [1.54, 1.807) is 24.0 Å². The predicted molar refractivity (Wildman–Crippen MR) is 167 cm³/mol. The molecular weight excluding hydrogens is 538 g/mol. The molecule has 0 bridgehead atoms. The molecule has 41 heavy (non-hydrogen) atoms. The first-order chi connectivity index (χ1) is 19.8. The van der Waals surface area contributed by atoms with E-state index in [4.69, 9.17) is 19.8 Å². The second kappa shape index (κ2) is 15.3. The SMILES string of the molecule is CC(C)(C)OC(=O)N1CCC(CNN)C1.COc1cc(CC2CCCC2)cc2onc(NSCC3CCCCC3)c12. The summed E-state index contributed by atoms with van der Waals surface area (Å²) in [6.45, 7) is 7.87. The van der Waals surface area contributed by atoms with Crippen LogP contribution in [0, 0.1) is 17.8 Å². The van der Waals surface area contributed by atoms with Crippen molar-refractivity contribution in [2.24, 2.45) is 23.6 Å². The third-order valence-corrected chi connectivity index (χ3v) is 9.35. The van der Waals surface area contributed by atoms with E-state index in [2.05, 4.69) is 27.4 Å². The minimum atomic E-state index is -0.415. The fraction of sp³-hybridized carbons (Fsp3) is 0.742. The van der Waals surface area contributed by atoms with Crippen LogP contribution in [0.25, 0.3) is 11.0 Å². The third kappa shape index (κ3) is 9.68. The molecule has 2 saturated carbocycles. The van der Waals surface area contributed by atoms with E-state index >= 15 is 0 Å². The summed E-state index contributed by atoms with van der Waals surface area (Å²) < 4.78 is 20.0. The Balaban J connectivity index is 0.000000221. The number of benzene rings is 1. The number of methoxy groups -OCH3 is 1. The van der Waals surface area contributed by atoms with Crippen LogP contribution >= 0.6 is 11.9 Å². The number of likely N-dealkylation sites (tertiary alicyclic amines) is 1. The van der Waals surface area contributed by atoms with Gasteiger partial charge in [0.1, 0.15) is 16.7 Å². The summed E-state index contributed by atoms with van der Waals surface area (Å²) in [6, 6.07) is 4.33. The average molecular weight is 590 g/mol. The normalized spacial score (nSPS) is 20.2. The van der Waals surface area contributed by atoms with Crippen molar-refractivity contribution in [1.29, 1.82) is 0 Å². The molecule has 2 aromatic rings. The lowest BCUT2D eigenvalue weighted by atomic mass is 9.91. The molecule has 0 spiro atoms. The zero-order valence-electron chi connectivity index (χ0n) is 25.5. The van der Waals surface area contributed by atoms with E-state index in [0.29, 0.717) is 5.92 Å². The van der Waals surface area contributed by atoms with Gasteiger partial charge in [0.15, 0.2) is 11.4 Å². The number of hydrogen-bond donors (Lipinski definition) is 3. The highest BCUT2D eigenvalue weighted by atomic mass is 32.2. The number of nitrogens with one attached hydrogen (secondary N) is 2. The molecule has 5 rings (SSSR count). The Bertz CT molecular complexity index is 1090. The highest BCUT2D eigenvalue weighted by molar-refractivity contribution is 8.00. The quantitative estimate of drug-likeness (QED) is 0.163. The van der Waals surface area contributed by atoms with Crippen molar-refractivity contribution in [3.8, 4) is 5.75 Å². The Labute approximate surface area is 250 Å². The predicted octanol–water partition coefficient (Wildman–Crippen LogP) is 6.92. The Hall–Kier alpha value is -2.17. The number of hydrogen-bond acceptors (Lipinski definition) is 9. The topological polar surface area (TPSA) is 115 Å². The fourth-order valence-electron chi connectivity index (χ4n) is 6.23. The van der Waals surface area contributed by atoms with Gasteiger partial charge in [-0.25, -0.2) is 4.79 Å². The van der Waals surface area contributed by atoms with Gasteiger partial charge >= 0.3 is 6.09 Å². The number of hydrazine groups is 1. The van der Waals surface area contributed by atoms with Crippen molar-refractivity contribution in [3.63, 3.8) is 0 Å². The molecule has 1 saturated heterocycles. The highest BCUT2D eigenvalue weighted by Crippen LogP contribution is 2.37. The second-order valence-electron chi connectivity index (χ2n) is 13.0. The van der Waals surface area contributed by atoms with Gasteiger partial charge in [0.05, 0.1) is 7.11 Å². The standard InChI is InChI=1S/C21H30N2O2S.C10H21N3O2/c1-24-18-12-17(11-15-7-5-6-8-15)13-19-20(18)21(22-25-19)23-26-14-16-9-3-2-4-10-16;1-10(2,3)15-9(14)13-5-4-8(7-13)6-12-11/h12-13,15-16H,2-11,14H2,1H3,(H,22,23);8,12H,4-7,11H2,1-3H3. The van der Waals surface area contributed by atoms with Crippen molar-refractivity contribution in [2.75, 3.05) is 37.2 Å². The summed E-state index contributed by atoms with van der Waals surface area (Å²) in [4.78, 5) is 13.4. The molecular formula is C31H51N5O4S. The number of nitrogens with zero attached hydrogens (tertiary/aromatic N) is 2. The summed E-state index contributed by atoms with van der Waals surface area (Å²) in [5.74, 6) is 10.1. The first-order valence-corrected chi connectivity index (χ1v) is 16.5. The van der Waals surface area contributed by atoms with Gasteiger partial charge < -0.3 is 23.6 Å². The molecule has 1 aromatic heterocycles. The summed E-state index contributed by atoms with van der Waals surface area (Å²) in [5.41, 5.74) is 4.36. The molecule has 9 nitrogen and oxygen atoms in total. The Morgan fingerprint density at radius 1 is 1.07 bits per heavy atom. The third-order valence-electron chi connectivity index (χ3n) is 8.37. The fourth-order valence-corrected chi connectivity index (χ4v) is 7.15. The maximum atomic E-state index is 11.7. The molecule has 1 aliphatic heterocycles. The number of ether oxygens (including phenoxy) is 2. The summed E-state index contributed by atoms with van der Waals surface area (Å²) >= 11 is 1.75. The number of carbonyl (C=O) groups excluding carboxylic acids is 1. The second-order valence-corrected chi connectivity index (χ2v) is 13.8. The minimum absolute atomic E-state index is 0.220. The summed E-state index contributed by atoms with van der Waals surface area (Å²) in [5, 5.41) is 5.24. The zero-order chi connectivity index (χ0) is 29.2. The van der Waals surface area contributed by atoms with E-state index in [-0.39, 0.29) is 6.09 Å². The molecule has 2 aliphatic carbocycles. The average Bonchev–Trinajstić information content (AvgIpc) is 3.71. The molecule has 1 amide bonds. The van der Waals surface area contributed by atoms with Crippen LogP contribution in [0.2, 0.25) is 0 Å². The Kier molecular flexibility index (Phi) is 11.9. The molecule has 4 N–H and O–H groups in total. The lowest BCUT2D eigenvalue weighted by Crippen LogP contribution is -2.36. The van der Waals surface area contributed by atoms with Crippen LogP contribution in [0.3, 0.4) is 0 Å². The molecule has 1 atom stereocenters. The van der Waals surface area contributed by atoms with Crippen LogP contribution < -0.4 is 20.7 Å². The van der Waals surface area contributed by atoms with Crippen LogP contribution in [-0.2, 0) is 11.2 Å². The molecule has 1 unspecified atom stereocenters. The van der Waals surface area contributed by atoms with Gasteiger partial charge in [-0.15, -0.1) is 0 Å². The molecule has 10 heteroatoms. The van der Waals surface area contributed by atoms with Gasteiger partial charge in [0, 0.05) is 25.4 Å². The van der Waals surface area contributed by atoms with Gasteiger partial charge in [-0.3, -0.25) is 11.3 Å². The van der Waals surface area contributed by atoms with E-state index in [1.165, 1.54) is 63.4 Å². The van der Waals surface area contributed by atoms with Gasteiger partial charge in [-0.2, -0.15) is 0 Å². The number of fused-ring (bicyclic) bond motifs is 1. The molecule has 3 aliphatic rings. The molecule has 3 fully saturated rings. The van der Waals surface area contributed by atoms with Crippen molar-refractivity contribution in [3.05, 3.63) is 17.7 Å². The summed E-state index contributed by atoms with van der Waals surface area (Å²) in [6.07, 6.45) is 14.2. The van der Waals surface area contributed by atoms with Gasteiger partial charge in [-0.05, 0) is 81.9 Å². The first kappa shape index (κ1) is 31.8. The summed E-state index contributed by atoms with van der Waals surface area (Å²) in [7, 11) is 1.74. The van der Waals surface area contributed by atoms with Crippen LogP contribution in [0.1, 0.15) is 90.5 Å². The van der Waals surface area contributed by atoms with Crippen LogP contribution in [0.15, 0.2) is 16.7 Å². The number of amides is 1. The number of aromatic nitrogens is 1. The minimum Gasteiger partial charge on any atom is -0.496 e. The maximum Gasteiger partial charge on any atom is 0.410 e. The number of anilines is 1. The highest BCUT2D eigenvalue weighted by Gasteiger charge is 2.29. The van der Waals surface area contributed by atoms with Crippen molar-refractivity contribution < 1.29 is 18.8 Å². The zero-order valence-corrected chi connectivity index (χ0v) is 26.3. The van der Waals surface area contributed by atoms with E-state index in [9.17, 15) is 4.79 Å². The van der Waals surface area contributed by atoms with Gasteiger partial charge in [0.25, 0.3) is 0 Å². The number of carbonyl (C=O) groups is 1. The van der Waals surface area contributed by atoms with E-state index in [1.807, 2.05) is 20.8 Å². The van der Waals surface area contributed by atoms with Crippen molar-refractivity contribution >= 4 is 34.8 Å². The largest absolute Gasteiger partial charge is 0.496 e. The van der Waals surface area contributed by atoms with Crippen molar-refractivity contribution in [2.45, 2.75) is 97.0 Å². The van der Waals surface area contributed by atoms with Crippen molar-refractivity contribution in [1.82, 2.24) is 15.5 Å². The van der Waals surface area contributed by atoms with Gasteiger partial charge in [0.2, 0.25) is 0 Å². The molecule has 2 heterocycles. The first-order valence-electron chi connectivity index (χ1n) is 15.5. The lowest BCUT2D eigenvalue weighted by Gasteiger charge is -2.24. The molecule has 230 valence electrons. The van der Waals surface area contributed by atoms with Crippen LogP contribution in [0.5, 0.6) is 5.75 Å². The van der Waals surface area contributed by atoms with Gasteiger partial charge in [-0.1, -0.05) is 62.1 Å². The number of rotatable bonds is 9. The monoisotopic (exact) mass is 589 g/mol. The Morgan fingerprint density at radius 2 is 1.78 bits per heavy atom. The van der Waals surface area contributed by atoms with Crippen LogP contribution in [0.4, 0.5) is 10.6 Å². The molecule has 0 radical (unpaired) electrons. The van der Waals surface area contributed by atoms with E-state index < -0.39 is 5.60 Å². The number of nitrogens with two attached hydrogens (primary N) is 1. The van der Waals surface area contributed by atoms with Crippen LogP contribution in [-0.4, -0.2) is 54.2 Å². The maximum absolute atomic E-state index is 11.7. The molecule has 1 aromatic carbocycles. The van der Waals surface area contributed by atoms with E-state index in [0.717, 1.165) is 72.6 Å². The smallest absolute Gasteiger partial charge is 0.410 e. The Morgan fingerprint density at radius 3 is 2.46 bits per heavy atom.